The molecule has 5 rings (SSSR count). The highest BCUT2D eigenvalue weighted by Gasteiger charge is 2.54. The monoisotopic (exact) mass is 516 g/mol. The van der Waals surface area contributed by atoms with E-state index in [1.54, 1.807) is 40.8 Å². The molecule has 1 aromatic carbocycles. The van der Waals surface area contributed by atoms with E-state index in [-0.39, 0.29) is 50.4 Å². The second-order valence-electron chi connectivity index (χ2n) is 11.1. The highest BCUT2D eigenvalue weighted by atomic mass is 19.1. The number of aromatic nitrogens is 2. The van der Waals surface area contributed by atoms with Crippen molar-refractivity contribution < 1.29 is 28.9 Å². The summed E-state index contributed by atoms with van der Waals surface area (Å²) in [5.41, 5.74) is -3.45. The molecule has 10 nitrogen and oxygen atoms in total. The van der Waals surface area contributed by atoms with Crippen molar-refractivity contribution >= 4 is 12.0 Å². The highest BCUT2D eigenvalue weighted by molar-refractivity contribution is 5.94. The fourth-order valence-electron chi connectivity index (χ4n) is 5.08. The van der Waals surface area contributed by atoms with Gasteiger partial charge in [0.15, 0.2) is 5.69 Å². The summed E-state index contributed by atoms with van der Waals surface area (Å²) in [6.45, 7) is 6.71. The van der Waals surface area contributed by atoms with Crippen LogP contribution in [0.3, 0.4) is 0 Å². The summed E-state index contributed by atoms with van der Waals surface area (Å²) in [5.74, 6) is -1.91. The largest absolute Gasteiger partial charge is 0.501 e. The van der Waals surface area contributed by atoms with Crippen molar-refractivity contribution in [3.63, 3.8) is 0 Å². The second-order valence-corrected chi connectivity index (χ2v) is 11.1. The Balaban J connectivity index is 1.75. The lowest BCUT2D eigenvalue weighted by atomic mass is 9.74. The normalized spacial score (nSPS) is 22.7. The van der Waals surface area contributed by atoms with Gasteiger partial charge in [-0.3, -0.25) is 19.1 Å². The van der Waals surface area contributed by atoms with Crippen LogP contribution >= 0.6 is 0 Å². The molecule has 2 aliphatic heterocycles. The molecule has 1 saturated carbocycles. The molecule has 3 heterocycles. The van der Waals surface area contributed by atoms with Crippen molar-refractivity contribution in [3.05, 3.63) is 57.0 Å². The highest BCUT2D eigenvalue weighted by Crippen LogP contribution is 2.48. The molecule has 1 aliphatic carbocycles. The molecule has 37 heavy (non-hydrogen) atoms. The number of carbonyl (C=O) groups is 2. The van der Waals surface area contributed by atoms with Crippen molar-refractivity contribution in [2.75, 3.05) is 7.05 Å². The first kappa shape index (κ1) is 26.6. The summed E-state index contributed by atoms with van der Waals surface area (Å²) in [7, 11) is 1.55. The molecule has 200 valence electrons. The summed E-state index contributed by atoms with van der Waals surface area (Å²) in [5, 5.41) is 24.4. The van der Waals surface area contributed by atoms with E-state index in [9.17, 15) is 29.0 Å². The van der Waals surface area contributed by atoms with Crippen molar-refractivity contribution in [2.45, 2.75) is 83.2 Å². The van der Waals surface area contributed by atoms with E-state index in [0.717, 1.165) is 4.57 Å². The maximum atomic E-state index is 13.6. The van der Waals surface area contributed by atoms with Crippen molar-refractivity contribution in [3.8, 4) is 5.75 Å². The molecule has 11 heteroatoms. The lowest BCUT2D eigenvalue weighted by molar-refractivity contribution is -0.0526. The average Bonchev–Trinajstić information content (AvgIpc) is 3.03. The van der Waals surface area contributed by atoms with Crippen LogP contribution < -0.4 is 10.9 Å². The Hall–Kier alpha value is -3.47. The Kier molecular flexibility index (Phi) is 6.56. The Morgan fingerprint density at radius 3 is 2.49 bits per heavy atom. The molecule has 2 bridgehead atoms. The third-order valence-electron chi connectivity index (χ3n) is 7.22. The molecule has 0 atom stereocenters. The standard InChI is InChI=1S/C26H33FN4O6/c1-15-12-16(6-7-17(15)27)13-28-20(33)18-19(32)21(34)31-14-25(36)8-10-26(11-9-25,22(31)29-18)30(5)23(35)37-24(2,3)4/h6-7,12,32,36H,8-11,13-14H2,1-5H3,(H,28,33). The predicted octanol–water partition coefficient (Wildman–Crippen LogP) is 2.71. The van der Waals surface area contributed by atoms with Gasteiger partial charge in [0.2, 0.25) is 5.75 Å². The summed E-state index contributed by atoms with van der Waals surface area (Å²) in [6.07, 6.45) is 0.509. The number of hydrogen-bond acceptors (Lipinski definition) is 7. The lowest BCUT2D eigenvalue weighted by Gasteiger charge is -2.45. The molecule has 0 radical (unpaired) electrons. The molecule has 0 saturated heterocycles. The number of nitrogens with zero attached hydrogens (tertiary/aromatic N) is 3. The number of aryl methyl sites for hydroxylation is 1. The first-order valence-corrected chi connectivity index (χ1v) is 12.2. The minimum atomic E-state index is -1.22. The van der Waals surface area contributed by atoms with Crippen LogP contribution in [0.4, 0.5) is 9.18 Å². The average molecular weight is 517 g/mol. The smallest absolute Gasteiger partial charge is 0.410 e. The van der Waals surface area contributed by atoms with Crippen LogP contribution in [0.2, 0.25) is 0 Å². The number of fused-ring (bicyclic) bond motifs is 2. The Morgan fingerprint density at radius 1 is 1.24 bits per heavy atom. The number of ether oxygens (including phenoxy) is 1. The zero-order chi connectivity index (χ0) is 27.3. The molecule has 3 N–H and O–H groups in total. The molecular weight excluding hydrogens is 483 g/mol. The maximum absolute atomic E-state index is 13.6. The number of amides is 2. The number of rotatable bonds is 4. The molecule has 0 spiro atoms. The molecule has 2 aromatic rings. The second kappa shape index (κ2) is 9.13. The van der Waals surface area contributed by atoms with Gasteiger partial charge in [0, 0.05) is 13.6 Å². The Bertz CT molecular complexity index is 1310. The number of benzene rings is 1. The topological polar surface area (TPSA) is 134 Å². The number of carbonyl (C=O) groups excluding carboxylic acids is 2. The van der Waals surface area contributed by atoms with Crippen molar-refractivity contribution in [1.29, 1.82) is 0 Å². The predicted molar refractivity (Wildman–Crippen MR) is 132 cm³/mol. The minimum absolute atomic E-state index is 0.0161. The third kappa shape index (κ3) is 4.92. The van der Waals surface area contributed by atoms with Gasteiger partial charge in [-0.1, -0.05) is 12.1 Å². The van der Waals surface area contributed by atoms with Crippen LogP contribution in [0.25, 0.3) is 0 Å². The zero-order valence-electron chi connectivity index (χ0n) is 21.7. The van der Waals surface area contributed by atoms with Gasteiger partial charge in [0.05, 0.1) is 12.1 Å². The maximum Gasteiger partial charge on any atom is 0.410 e. The SMILES string of the molecule is Cc1cc(CNC(=O)c2nc3n(c(=O)c2O)CC2(O)CCC3(N(C)C(=O)OC(C)(C)C)CC2)ccc1F. The third-order valence-corrected chi connectivity index (χ3v) is 7.22. The minimum Gasteiger partial charge on any atom is -0.501 e. The molecule has 1 fully saturated rings. The van der Waals surface area contributed by atoms with Crippen LogP contribution in [0.5, 0.6) is 5.75 Å². The summed E-state index contributed by atoms with van der Waals surface area (Å²) >= 11 is 0. The summed E-state index contributed by atoms with van der Waals surface area (Å²) in [6, 6.07) is 4.39. The number of nitrogens with one attached hydrogen (secondary N) is 1. The van der Waals surface area contributed by atoms with E-state index < -0.39 is 45.7 Å². The molecule has 3 aliphatic rings. The van der Waals surface area contributed by atoms with Crippen LogP contribution in [-0.2, 0) is 23.4 Å². The Morgan fingerprint density at radius 2 is 1.89 bits per heavy atom. The van der Waals surface area contributed by atoms with Gasteiger partial charge in [0.25, 0.3) is 11.5 Å². The number of aromatic hydroxyl groups is 1. The van der Waals surface area contributed by atoms with E-state index in [1.165, 1.54) is 17.0 Å². The van der Waals surface area contributed by atoms with Gasteiger partial charge in [-0.2, -0.15) is 0 Å². The van der Waals surface area contributed by atoms with E-state index >= 15 is 0 Å². The molecule has 2 amide bonds. The van der Waals surface area contributed by atoms with Gasteiger partial charge in [-0.25, -0.2) is 14.2 Å². The zero-order valence-corrected chi connectivity index (χ0v) is 21.7. The van der Waals surface area contributed by atoms with E-state index in [2.05, 4.69) is 10.3 Å². The molecular formula is C26H33FN4O6. The fraction of sp³-hybridized carbons (Fsp3) is 0.538. The van der Waals surface area contributed by atoms with Gasteiger partial charge >= 0.3 is 6.09 Å². The summed E-state index contributed by atoms with van der Waals surface area (Å²) in [4.78, 5) is 45.3. The van der Waals surface area contributed by atoms with Crippen LogP contribution in [0, 0.1) is 12.7 Å². The Labute approximate surface area is 214 Å². The van der Waals surface area contributed by atoms with E-state index in [4.69, 9.17) is 4.74 Å². The van der Waals surface area contributed by atoms with Crippen LogP contribution in [0.15, 0.2) is 23.0 Å². The van der Waals surface area contributed by atoms with E-state index in [1.807, 2.05) is 0 Å². The van der Waals surface area contributed by atoms with Crippen LogP contribution in [0.1, 0.15) is 73.9 Å². The van der Waals surface area contributed by atoms with Crippen molar-refractivity contribution in [1.82, 2.24) is 19.8 Å². The number of halogens is 1. The van der Waals surface area contributed by atoms with Gasteiger partial charge in [0.1, 0.15) is 22.8 Å². The van der Waals surface area contributed by atoms with Gasteiger partial charge < -0.3 is 20.3 Å². The van der Waals surface area contributed by atoms with Gasteiger partial charge in [-0.05, 0) is 70.6 Å². The fourth-order valence-corrected chi connectivity index (χ4v) is 5.08. The quantitative estimate of drug-likeness (QED) is 0.569. The van der Waals surface area contributed by atoms with E-state index in [0.29, 0.717) is 11.1 Å². The molecule has 1 aromatic heterocycles. The van der Waals surface area contributed by atoms with Crippen LogP contribution in [-0.4, -0.2) is 54.9 Å². The van der Waals surface area contributed by atoms with Gasteiger partial charge in [-0.15, -0.1) is 0 Å². The lowest BCUT2D eigenvalue weighted by Crippen LogP contribution is -2.53. The molecule has 0 unspecified atom stereocenters. The van der Waals surface area contributed by atoms with Crippen molar-refractivity contribution in [2.24, 2.45) is 0 Å². The number of aliphatic hydroxyl groups is 1. The number of hydrogen-bond donors (Lipinski definition) is 3. The first-order valence-electron chi connectivity index (χ1n) is 12.2. The summed E-state index contributed by atoms with van der Waals surface area (Å²) < 4.78 is 20.3. The first-order chi connectivity index (χ1) is 17.2.